The molecular weight excluding hydrogens is 412 g/mol. The second-order valence-electron chi connectivity index (χ2n) is 8.32. The monoisotopic (exact) mass is 434 g/mol. The fourth-order valence-electron chi connectivity index (χ4n) is 4.10. The van der Waals surface area contributed by atoms with Crippen LogP contribution in [0.25, 0.3) is 39.6 Å². The number of nitrogens with zero attached hydrogens (tertiary/aromatic N) is 5. The molecule has 1 aromatic carbocycles. The fourth-order valence-corrected chi connectivity index (χ4v) is 4.10. The molecular formula is C26H22N6O. The van der Waals surface area contributed by atoms with Crippen LogP contribution in [0.2, 0.25) is 0 Å². The molecule has 6 rings (SSSR count). The minimum Gasteiger partial charge on any atom is -0.392 e. The molecule has 0 amide bonds. The van der Waals surface area contributed by atoms with Gasteiger partial charge in [-0.3, -0.25) is 9.55 Å². The summed E-state index contributed by atoms with van der Waals surface area (Å²) in [4.78, 5) is 18.7. The molecule has 0 saturated heterocycles. The highest BCUT2D eigenvalue weighted by molar-refractivity contribution is 5.84. The number of imidazole rings is 1. The lowest BCUT2D eigenvalue weighted by Gasteiger charge is -2.11. The summed E-state index contributed by atoms with van der Waals surface area (Å²) in [5.41, 5.74) is 13.0. The maximum atomic E-state index is 9.46. The number of hydrogen-bond acceptors (Lipinski definition) is 6. The number of benzene rings is 1. The molecule has 0 bridgehead atoms. The molecule has 4 aromatic heterocycles. The predicted octanol–water partition coefficient (Wildman–Crippen LogP) is 4.50. The Balaban J connectivity index is 1.54. The zero-order valence-electron chi connectivity index (χ0n) is 17.9. The van der Waals surface area contributed by atoms with Gasteiger partial charge in [-0.2, -0.15) is 0 Å². The van der Waals surface area contributed by atoms with Crippen molar-refractivity contribution in [2.45, 2.75) is 25.4 Å². The Hall–Kier alpha value is -4.10. The smallest absolute Gasteiger partial charge is 0.165 e. The first kappa shape index (κ1) is 19.6. The molecule has 1 aliphatic rings. The van der Waals surface area contributed by atoms with Gasteiger partial charge in [0.1, 0.15) is 11.3 Å². The van der Waals surface area contributed by atoms with Crippen LogP contribution >= 0.6 is 0 Å². The van der Waals surface area contributed by atoms with Crippen LogP contribution in [0.5, 0.6) is 0 Å². The van der Waals surface area contributed by atoms with Crippen molar-refractivity contribution in [2.75, 3.05) is 5.73 Å². The summed E-state index contributed by atoms with van der Waals surface area (Å²) in [6, 6.07) is 19.5. The number of rotatable bonds is 5. The first-order chi connectivity index (χ1) is 16.2. The van der Waals surface area contributed by atoms with E-state index in [-0.39, 0.29) is 6.61 Å². The van der Waals surface area contributed by atoms with E-state index in [1.165, 1.54) is 18.4 Å². The van der Waals surface area contributed by atoms with E-state index in [2.05, 4.69) is 16.0 Å². The lowest BCUT2D eigenvalue weighted by molar-refractivity contribution is 0.282. The molecule has 33 heavy (non-hydrogen) atoms. The highest BCUT2D eigenvalue weighted by atomic mass is 16.3. The van der Waals surface area contributed by atoms with Gasteiger partial charge in [-0.05, 0) is 72.4 Å². The molecule has 5 aromatic rings. The van der Waals surface area contributed by atoms with Crippen molar-refractivity contribution in [1.82, 2.24) is 24.5 Å². The van der Waals surface area contributed by atoms with Crippen LogP contribution in [-0.4, -0.2) is 29.6 Å². The third-order valence-corrected chi connectivity index (χ3v) is 6.06. The summed E-state index contributed by atoms with van der Waals surface area (Å²) >= 11 is 0. The quantitative estimate of drug-likeness (QED) is 0.422. The van der Waals surface area contributed by atoms with Gasteiger partial charge < -0.3 is 10.8 Å². The van der Waals surface area contributed by atoms with Gasteiger partial charge in [-0.15, -0.1) is 0 Å². The van der Waals surface area contributed by atoms with E-state index in [1.807, 2.05) is 65.4 Å². The summed E-state index contributed by atoms with van der Waals surface area (Å²) in [6.07, 6.45) is 6.13. The largest absolute Gasteiger partial charge is 0.392 e. The van der Waals surface area contributed by atoms with E-state index in [9.17, 15) is 5.11 Å². The van der Waals surface area contributed by atoms with Gasteiger partial charge in [0.05, 0.1) is 23.6 Å². The van der Waals surface area contributed by atoms with E-state index in [1.54, 1.807) is 6.20 Å². The van der Waals surface area contributed by atoms with Crippen LogP contribution < -0.4 is 5.73 Å². The van der Waals surface area contributed by atoms with Crippen molar-refractivity contribution >= 4 is 17.0 Å². The van der Waals surface area contributed by atoms with Crippen LogP contribution in [0.1, 0.15) is 29.9 Å². The topological polar surface area (TPSA) is 103 Å². The van der Waals surface area contributed by atoms with E-state index in [0.717, 1.165) is 33.7 Å². The fraction of sp³-hybridized carbons (Fsp3) is 0.154. The van der Waals surface area contributed by atoms with E-state index >= 15 is 0 Å². The Bertz CT molecular complexity index is 1450. The highest BCUT2D eigenvalue weighted by Crippen LogP contribution is 2.40. The third-order valence-electron chi connectivity index (χ3n) is 6.06. The van der Waals surface area contributed by atoms with E-state index in [0.29, 0.717) is 23.2 Å². The Morgan fingerprint density at radius 2 is 1.73 bits per heavy atom. The molecule has 0 spiro atoms. The van der Waals surface area contributed by atoms with Crippen molar-refractivity contribution in [2.24, 2.45) is 0 Å². The average Bonchev–Trinajstić information content (AvgIpc) is 3.65. The van der Waals surface area contributed by atoms with Crippen molar-refractivity contribution in [1.29, 1.82) is 0 Å². The van der Waals surface area contributed by atoms with Crippen LogP contribution in [-0.2, 0) is 6.61 Å². The summed E-state index contributed by atoms with van der Waals surface area (Å²) in [7, 11) is 0. The summed E-state index contributed by atoms with van der Waals surface area (Å²) < 4.78 is 1.98. The second kappa shape index (κ2) is 7.79. The zero-order chi connectivity index (χ0) is 22.4. The van der Waals surface area contributed by atoms with Gasteiger partial charge >= 0.3 is 0 Å². The number of hydrogen-bond donors (Lipinski definition) is 2. The molecule has 3 N–H and O–H groups in total. The number of nitrogens with two attached hydrogens (primary N) is 1. The first-order valence-electron chi connectivity index (χ1n) is 11.0. The SMILES string of the molecule is Nc1ncccc1-c1nc2ccc(-c3ccc(C4CC4)cn3)nc2n1-c1ccc(CO)cc1. The van der Waals surface area contributed by atoms with E-state index < -0.39 is 0 Å². The van der Waals surface area contributed by atoms with Crippen LogP contribution in [0.15, 0.2) is 73.1 Å². The average molecular weight is 435 g/mol. The molecule has 1 fully saturated rings. The maximum Gasteiger partial charge on any atom is 0.165 e. The molecule has 162 valence electrons. The third kappa shape index (κ3) is 3.52. The van der Waals surface area contributed by atoms with Crippen molar-refractivity contribution in [3.8, 4) is 28.5 Å². The van der Waals surface area contributed by atoms with Gasteiger partial charge in [-0.25, -0.2) is 15.0 Å². The normalized spacial score (nSPS) is 13.5. The number of fused-ring (bicyclic) bond motifs is 1. The summed E-state index contributed by atoms with van der Waals surface area (Å²) in [6.45, 7) is -0.0156. The Morgan fingerprint density at radius 3 is 2.42 bits per heavy atom. The minimum absolute atomic E-state index is 0.0156. The zero-order valence-corrected chi connectivity index (χ0v) is 17.9. The number of pyridine rings is 3. The van der Waals surface area contributed by atoms with Gasteiger partial charge in [0.15, 0.2) is 11.5 Å². The second-order valence-corrected chi connectivity index (χ2v) is 8.32. The molecule has 0 aliphatic heterocycles. The highest BCUT2D eigenvalue weighted by Gasteiger charge is 2.24. The number of aliphatic hydroxyl groups is 1. The Labute approximate surface area is 190 Å². The number of anilines is 1. The van der Waals surface area contributed by atoms with Crippen molar-refractivity contribution in [3.05, 3.63) is 84.2 Å². The Kier molecular flexibility index (Phi) is 4.62. The maximum absolute atomic E-state index is 9.46. The standard InChI is InChI=1S/C26H22N6O/c27-24-20(2-1-13-28-24)25-31-23-12-11-22(21-10-7-18(14-29-21)17-5-6-17)30-26(23)32(25)19-8-3-16(15-33)4-9-19/h1-4,7-14,17,33H,5-6,15H2,(H2,27,28). The molecule has 0 unspecified atom stereocenters. The van der Waals surface area contributed by atoms with Crippen LogP contribution in [0, 0.1) is 0 Å². The summed E-state index contributed by atoms with van der Waals surface area (Å²) in [5, 5.41) is 9.46. The number of aliphatic hydroxyl groups excluding tert-OH is 1. The van der Waals surface area contributed by atoms with E-state index in [4.69, 9.17) is 15.7 Å². The van der Waals surface area contributed by atoms with Gasteiger partial charge in [0.2, 0.25) is 0 Å². The molecule has 1 saturated carbocycles. The number of aromatic nitrogens is 5. The van der Waals surface area contributed by atoms with Crippen molar-refractivity contribution < 1.29 is 5.11 Å². The lowest BCUT2D eigenvalue weighted by atomic mass is 10.1. The molecule has 0 radical (unpaired) electrons. The van der Waals surface area contributed by atoms with Crippen molar-refractivity contribution in [3.63, 3.8) is 0 Å². The summed E-state index contributed by atoms with van der Waals surface area (Å²) in [5.74, 6) is 1.73. The number of nitrogen functional groups attached to an aromatic ring is 1. The molecule has 4 heterocycles. The predicted molar refractivity (Wildman–Crippen MR) is 128 cm³/mol. The van der Waals surface area contributed by atoms with Crippen LogP contribution in [0.3, 0.4) is 0 Å². The lowest BCUT2D eigenvalue weighted by Crippen LogP contribution is -2.02. The molecule has 1 aliphatic carbocycles. The van der Waals surface area contributed by atoms with Gasteiger partial charge in [0, 0.05) is 18.1 Å². The minimum atomic E-state index is -0.0156. The van der Waals surface area contributed by atoms with Crippen LogP contribution in [0.4, 0.5) is 5.82 Å². The molecule has 7 nitrogen and oxygen atoms in total. The van der Waals surface area contributed by atoms with Gasteiger partial charge in [0.25, 0.3) is 0 Å². The first-order valence-corrected chi connectivity index (χ1v) is 11.0. The molecule has 7 heteroatoms. The Morgan fingerprint density at radius 1 is 0.909 bits per heavy atom. The van der Waals surface area contributed by atoms with Gasteiger partial charge in [-0.1, -0.05) is 18.2 Å². The molecule has 0 atom stereocenters.